The summed E-state index contributed by atoms with van der Waals surface area (Å²) in [4.78, 5) is 46.2. The average Bonchev–Trinajstić information content (AvgIpc) is 3.48. The van der Waals surface area contributed by atoms with Crippen LogP contribution in [0.3, 0.4) is 0 Å². The Bertz CT molecular complexity index is 1570. The maximum absolute atomic E-state index is 14.4. The maximum atomic E-state index is 14.4. The second-order valence-electron chi connectivity index (χ2n) is 13.2. The Morgan fingerprint density at radius 3 is 1.88 bits per heavy atom. The van der Waals surface area contributed by atoms with Crippen molar-refractivity contribution in [1.29, 1.82) is 0 Å². The molecule has 2 aliphatic rings. The van der Waals surface area contributed by atoms with Crippen LogP contribution < -0.4 is 5.32 Å². The molecule has 4 atom stereocenters. The third-order valence-electron chi connectivity index (χ3n) is 10.1. The molecule has 6 rings (SSSR count). The molecular formula is C41H45N3O4. The Balaban J connectivity index is 1.31. The average molecular weight is 644 g/mol. The van der Waals surface area contributed by atoms with Crippen LogP contribution in [-0.2, 0) is 31.1 Å². The number of esters is 1. The van der Waals surface area contributed by atoms with Crippen LogP contribution >= 0.6 is 0 Å². The van der Waals surface area contributed by atoms with Crippen molar-refractivity contribution in [2.45, 2.75) is 62.7 Å². The van der Waals surface area contributed by atoms with E-state index in [4.69, 9.17) is 4.74 Å². The van der Waals surface area contributed by atoms with E-state index in [1.807, 2.05) is 97.1 Å². The summed E-state index contributed by atoms with van der Waals surface area (Å²) in [6.07, 6.45) is 3.07. The third-order valence-corrected chi connectivity index (χ3v) is 10.1. The topological polar surface area (TPSA) is 79.0 Å². The molecule has 0 radical (unpaired) electrons. The highest BCUT2D eigenvalue weighted by molar-refractivity contribution is 5.92. The molecule has 48 heavy (non-hydrogen) atoms. The molecule has 7 nitrogen and oxygen atoms in total. The molecule has 2 fully saturated rings. The van der Waals surface area contributed by atoms with Gasteiger partial charge in [0.25, 0.3) is 0 Å². The molecular weight excluding hydrogens is 598 g/mol. The quantitative estimate of drug-likeness (QED) is 0.161. The van der Waals surface area contributed by atoms with Gasteiger partial charge >= 0.3 is 5.97 Å². The summed E-state index contributed by atoms with van der Waals surface area (Å²) in [5.41, 5.74) is 2.88. The minimum Gasteiger partial charge on any atom is -0.467 e. The fourth-order valence-electron chi connectivity index (χ4n) is 7.75. The molecule has 248 valence electrons. The molecule has 0 spiro atoms. The Labute approximate surface area is 283 Å². The number of nitrogens with one attached hydrogen (secondary N) is 1. The lowest BCUT2D eigenvalue weighted by atomic mass is 9.77. The minimum atomic E-state index is -1.05. The zero-order valence-corrected chi connectivity index (χ0v) is 27.8. The summed E-state index contributed by atoms with van der Waals surface area (Å²) in [7, 11) is 1.32. The molecule has 0 bridgehead atoms. The van der Waals surface area contributed by atoms with E-state index in [0.717, 1.165) is 48.9 Å². The van der Waals surface area contributed by atoms with E-state index in [1.165, 1.54) is 12.7 Å². The number of fused-ring (bicyclic) bond motifs is 1. The Morgan fingerprint density at radius 2 is 1.35 bits per heavy atom. The molecule has 4 aromatic rings. The highest BCUT2D eigenvalue weighted by Crippen LogP contribution is 2.38. The molecule has 2 amide bonds. The van der Waals surface area contributed by atoms with E-state index in [2.05, 4.69) is 41.4 Å². The normalized spacial score (nSPS) is 20.4. The minimum absolute atomic E-state index is 0.0924. The zero-order valence-electron chi connectivity index (χ0n) is 27.8. The standard InChI is InChI=1S/C41H45N3O4/c1-30-27-36-39(46)43(26-25-35(44(36)29-30)24-23-31-15-7-3-8-16-31)37(40(47)48-2)28-38(45)42-41(32-17-9-4-10-18-32,33-19-11-5-12-20-33)34-21-13-6-14-22-34/h3-22,30,35-37H,23-29H2,1-2H3,(H,42,45)/t30-,35?,36+,37-/m1/s1. The van der Waals surface area contributed by atoms with Gasteiger partial charge in [-0.15, -0.1) is 0 Å². The van der Waals surface area contributed by atoms with Gasteiger partial charge in [-0.05, 0) is 53.9 Å². The largest absolute Gasteiger partial charge is 0.467 e. The van der Waals surface area contributed by atoms with E-state index in [1.54, 1.807) is 4.90 Å². The van der Waals surface area contributed by atoms with Gasteiger partial charge in [0.15, 0.2) is 0 Å². The fourth-order valence-corrected chi connectivity index (χ4v) is 7.75. The van der Waals surface area contributed by atoms with Crippen LogP contribution in [0, 0.1) is 5.92 Å². The van der Waals surface area contributed by atoms with Crippen molar-refractivity contribution < 1.29 is 19.1 Å². The molecule has 4 aromatic carbocycles. The third kappa shape index (κ3) is 6.92. The van der Waals surface area contributed by atoms with E-state index < -0.39 is 17.6 Å². The van der Waals surface area contributed by atoms with Crippen LogP contribution in [-0.4, -0.2) is 65.9 Å². The highest BCUT2D eigenvalue weighted by Gasteiger charge is 2.47. The van der Waals surface area contributed by atoms with Crippen molar-refractivity contribution >= 4 is 17.8 Å². The molecule has 0 saturated carbocycles. The molecule has 1 N–H and O–H groups in total. The number of hydrogen-bond acceptors (Lipinski definition) is 5. The van der Waals surface area contributed by atoms with Gasteiger partial charge in [0.1, 0.15) is 11.6 Å². The molecule has 7 heteroatoms. The SMILES string of the molecule is COC(=O)[C@@H](CC(=O)NC(c1ccccc1)(c1ccccc1)c1ccccc1)N1CCC(CCc2ccccc2)N2C[C@H](C)C[C@H]2C1=O. The van der Waals surface area contributed by atoms with Gasteiger partial charge in [0.05, 0.1) is 19.6 Å². The van der Waals surface area contributed by atoms with Crippen LogP contribution in [0.15, 0.2) is 121 Å². The van der Waals surface area contributed by atoms with Crippen LogP contribution in [0.25, 0.3) is 0 Å². The van der Waals surface area contributed by atoms with E-state index >= 15 is 0 Å². The van der Waals surface area contributed by atoms with E-state index in [0.29, 0.717) is 12.5 Å². The number of carbonyl (C=O) groups is 3. The van der Waals surface area contributed by atoms with Crippen molar-refractivity contribution in [2.75, 3.05) is 20.2 Å². The number of amides is 2. The monoisotopic (exact) mass is 643 g/mol. The molecule has 1 unspecified atom stereocenters. The second-order valence-corrected chi connectivity index (χ2v) is 13.2. The first-order valence-electron chi connectivity index (χ1n) is 17.1. The molecule has 2 aliphatic heterocycles. The zero-order chi connectivity index (χ0) is 33.5. The van der Waals surface area contributed by atoms with Gasteiger partial charge in [0.2, 0.25) is 11.8 Å². The smallest absolute Gasteiger partial charge is 0.329 e. The predicted molar refractivity (Wildman–Crippen MR) is 187 cm³/mol. The van der Waals surface area contributed by atoms with Crippen LogP contribution in [0.1, 0.15) is 54.9 Å². The second kappa shape index (κ2) is 15.0. The Hall–Kier alpha value is -4.75. The first-order chi connectivity index (χ1) is 23.4. The summed E-state index contributed by atoms with van der Waals surface area (Å²) in [6, 6.07) is 38.8. The van der Waals surface area contributed by atoms with Crippen LogP contribution in [0.5, 0.6) is 0 Å². The number of rotatable bonds is 11. The summed E-state index contributed by atoms with van der Waals surface area (Å²) in [6.45, 7) is 3.41. The summed E-state index contributed by atoms with van der Waals surface area (Å²) in [5, 5.41) is 3.36. The Kier molecular flexibility index (Phi) is 10.4. The van der Waals surface area contributed by atoms with Gasteiger partial charge in [-0.2, -0.15) is 0 Å². The van der Waals surface area contributed by atoms with Crippen molar-refractivity contribution in [3.63, 3.8) is 0 Å². The van der Waals surface area contributed by atoms with Gasteiger partial charge in [0, 0.05) is 19.1 Å². The lowest BCUT2D eigenvalue weighted by molar-refractivity contribution is -0.155. The first-order valence-corrected chi connectivity index (χ1v) is 17.1. The van der Waals surface area contributed by atoms with Crippen molar-refractivity contribution in [3.05, 3.63) is 144 Å². The summed E-state index contributed by atoms with van der Waals surface area (Å²) in [5.74, 6) is -0.661. The first kappa shape index (κ1) is 33.2. The molecule has 2 heterocycles. The van der Waals surface area contributed by atoms with E-state index in [9.17, 15) is 14.4 Å². The summed E-state index contributed by atoms with van der Waals surface area (Å²) >= 11 is 0. The van der Waals surface area contributed by atoms with Gasteiger partial charge < -0.3 is 15.0 Å². The van der Waals surface area contributed by atoms with Crippen LogP contribution in [0.4, 0.5) is 0 Å². The highest BCUT2D eigenvalue weighted by atomic mass is 16.5. The summed E-state index contributed by atoms with van der Waals surface area (Å²) < 4.78 is 5.28. The number of benzene rings is 4. The molecule has 0 aliphatic carbocycles. The predicted octanol–water partition coefficient (Wildman–Crippen LogP) is 5.97. The number of ether oxygens (including phenoxy) is 1. The number of methoxy groups -OCH3 is 1. The Morgan fingerprint density at radius 1 is 0.833 bits per heavy atom. The van der Waals surface area contributed by atoms with Gasteiger partial charge in [-0.25, -0.2) is 4.79 Å². The lowest BCUT2D eigenvalue weighted by Crippen LogP contribution is -2.54. The van der Waals surface area contributed by atoms with Crippen molar-refractivity contribution in [2.24, 2.45) is 5.92 Å². The number of hydrogen-bond donors (Lipinski definition) is 1. The number of aryl methyl sites for hydroxylation is 1. The van der Waals surface area contributed by atoms with Crippen molar-refractivity contribution in [1.82, 2.24) is 15.1 Å². The van der Waals surface area contributed by atoms with Gasteiger partial charge in [-0.3, -0.25) is 14.5 Å². The van der Waals surface area contributed by atoms with Gasteiger partial charge in [-0.1, -0.05) is 128 Å². The number of carbonyl (C=O) groups excluding carboxylic acids is 3. The molecule has 2 saturated heterocycles. The van der Waals surface area contributed by atoms with Crippen LogP contribution in [0.2, 0.25) is 0 Å². The van der Waals surface area contributed by atoms with Crippen molar-refractivity contribution in [3.8, 4) is 0 Å². The molecule has 0 aromatic heterocycles. The number of nitrogens with zero attached hydrogens (tertiary/aromatic N) is 2. The van der Waals surface area contributed by atoms with E-state index in [-0.39, 0.29) is 30.3 Å². The lowest BCUT2D eigenvalue weighted by Gasteiger charge is -2.38. The maximum Gasteiger partial charge on any atom is 0.329 e. The fraction of sp³-hybridized carbons (Fsp3) is 0.341.